The Morgan fingerprint density at radius 3 is 2.52 bits per heavy atom. The number of aromatic nitrogens is 2. The van der Waals surface area contributed by atoms with Gasteiger partial charge in [0.25, 0.3) is 0 Å². The van der Waals surface area contributed by atoms with Crippen molar-refractivity contribution in [3.05, 3.63) is 94.4 Å². The van der Waals surface area contributed by atoms with Crippen molar-refractivity contribution in [3.63, 3.8) is 0 Å². The Bertz CT molecular complexity index is 1280. The molecule has 0 N–H and O–H groups in total. The number of rotatable bonds is 4. The first-order valence-electron chi connectivity index (χ1n) is 10.5. The summed E-state index contributed by atoms with van der Waals surface area (Å²) >= 11 is 1.58. The summed E-state index contributed by atoms with van der Waals surface area (Å²) in [4.78, 5) is 13.4. The molecule has 0 fully saturated rings. The second kappa shape index (κ2) is 8.68. The molecule has 3 nitrogen and oxygen atoms in total. The average Bonchev–Trinajstić information content (AvgIpc) is 3.26. The maximum Gasteiger partial charge on any atom is 0.416 e. The molecule has 1 aliphatic rings. The van der Waals surface area contributed by atoms with Crippen molar-refractivity contribution in [1.82, 2.24) is 14.9 Å². The Labute approximate surface area is 192 Å². The molecule has 2 aromatic heterocycles. The van der Waals surface area contributed by atoms with Crippen LogP contribution in [0.4, 0.5) is 17.6 Å². The van der Waals surface area contributed by atoms with Gasteiger partial charge in [-0.25, -0.2) is 14.4 Å². The Balaban J connectivity index is 1.28. The lowest BCUT2D eigenvalue weighted by Gasteiger charge is -2.27. The second-order valence-corrected chi connectivity index (χ2v) is 9.12. The van der Waals surface area contributed by atoms with E-state index in [1.165, 1.54) is 18.2 Å². The van der Waals surface area contributed by atoms with Crippen LogP contribution >= 0.6 is 11.3 Å². The molecule has 0 radical (unpaired) electrons. The van der Waals surface area contributed by atoms with E-state index in [-0.39, 0.29) is 5.82 Å². The van der Waals surface area contributed by atoms with Crippen LogP contribution in [0.25, 0.3) is 21.8 Å². The zero-order valence-corrected chi connectivity index (χ0v) is 18.3. The molecule has 2 aromatic carbocycles. The summed E-state index contributed by atoms with van der Waals surface area (Å²) in [6.07, 6.45) is -1.87. The van der Waals surface area contributed by atoms with Crippen LogP contribution < -0.4 is 0 Å². The van der Waals surface area contributed by atoms with E-state index in [0.717, 1.165) is 52.7 Å². The van der Waals surface area contributed by atoms with Crippen molar-refractivity contribution in [3.8, 4) is 21.8 Å². The van der Waals surface area contributed by atoms with E-state index in [2.05, 4.69) is 14.9 Å². The zero-order chi connectivity index (χ0) is 23.0. The number of alkyl halides is 3. The quantitative estimate of drug-likeness (QED) is 0.316. The van der Waals surface area contributed by atoms with Gasteiger partial charge in [0.05, 0.1) is 11.3 Å². The highest BCUT2D eigenvalue weighted by atomic mass is 32.1. The number of halogens is 4. The molecule has 5 rings (SSSR count). The van der Waals surface area contributed by atoms with Crippen LogP contribution in [0.2, 0.25) is 0 Å². The predicted octanol–water partition coefficient (Wildman–Crippen LogP) is 6.59. The largest absolute Gasteiger partial charge is 0.416 e. The fourth-order valence-corrected chi connectivity index (χ4v) is 5.02. The van der Waals surface area contributed by atoms with Crippen LogP contribution in [0.5, 0.6) is 0 Å². The normalized spacial score (nSPS) is 14.3. The van der Waals surface area contributed by atoms with Gasteiger partial charge in [-0.15, -0.1) is 11.3 Å². The highest BCUT2D eigenvalue weighted by Gasteiger charge is 2.30. The van der Waals surface area contributed by atoms with E-state index in [1.807, 2.05) is 18.2 Å². The standard InChI is InChI=1S/C25H19F4N3S/c26-21-4-2-1-3-20(21)23-10-9-19(33-23)15-32-12-11-22-17(14-32)13-30-24(31-22)16-5-7-18(8-6-16)25(27,28)29/h1-10,13H,11-12,14-15H2. The minimum absolute atomic E-state index is 0.223. The number of fused-ring (bicyclic) bond motifs is 1. The Hall–Kier alpha value is -3.10. The average molecular weight is 470 g/mol. The third-order valence-electron chi connectivity index (χ3n) is 5.66. The summed E-state index contributed by atoms with van der Waals surface area (Å²) < 4.78 is 52.4. The van der Waals surface area contributed by atoms with Gasteiger partial charge in [0.1, 0.15) is 5.82 Å². The molecule has 0 spiro atoms. The Morgan fingerprint density at radius 1 is 0.970 bits per heavy atom. The number of nitrogens with zero attached hydrogens (tertiary/aromatic N) is 3. The molecular weight excluding hydrogens is 450 g/mol. The molecule has 0 amide bonds. The molecule has 0 unspecified atom stereocenters. The lowest BCUT2D eigenvalue weighted by Crippen LogP contribution is -2.30. The Kier molecular flexibility index (Phi) is 5.72. The van der Waals surface area contributed by atoms with E-state index in [1.54, 1.807) is 29.7 Å². The second-order valence-electron chi connectivity index (χ2n) is 7.95. The van der Waals surface area contributed by atoms with Gasteiger partial charge >= 0.3 is 6.18 Å². The molecule has 0 saturated carbocycles. The fraction of sp³-hybridized carbons (Fsp3) is 0.200. The molecule has 0 bridgehead atoms. The van der Waals surface area contributed by atoms with Gasteiger partial charge in [0.15, 0.2) is 5.82 Å². The third kappa shape index (κ3) is 4.67. The monoisotopic (exact) mass is 469 g/mol. The number of benzene rings is 2. The molecule has 3 heterocycles. The topological polar surface area (TPSA) is 29.0 Å². The van der Waals surface area contributed by atoms with Crippen molar-refractivity contribution in [2.75, 3.05) is 6.54 Å². The van der Waals surface area contributed by atoms with Gasteiger partial charge in [0.2, 0.25) is 0 Å². The smallest absolute Gasteiger partial charge is 0.293 e. The number of hydrogen-bond acceptors (Lipinski definition) is 4. The lowest BCUT2D eigenvalue weighted by molar-refractivity contribution is -0.137. The molecule has 33 heavy (non-hydrogen) atoms. The number of thiophene rings is 1. The summed E-state index contributed by atoms with van der Waals surface area (Å²) in [5.74, 6) is 0.211. The molecule has 0 saturated heterocycles. The molecule has 0 aliphatic carbocycles. The van der Waals surface area contributed by atoms with E-state index >= 15 is 0 Å². The van der Waals surface area contributed by atoms with Crippen LogP contribution in [-0.4, -0.2) is 21.4 Å². The maximum absolute atomic E-state index is 14.1. The summed E-state index contributed by atoms with van der Waals surface area (Å²) in [5.41, 5.74) is 2.43. The maximum atomic E-state index is 14.1. The Morgan fingerprint density at radius 2 is 1.76 bits per heavy atom. The van der Waals surface area contributed by atoms with Gasteiger partial charge in [-0.1, -0.05) is 30.3 Å². The SMILES string of the molecule is Fc1ccccc1-c1ccc(CN2CCc3nc(-c4ccc(C(F)(F)F)cc4)ncc3C2)s1. The highest BCUT2D eigenvalue weighted by molar-refractivity contribution is 7.15. The van der Waals surface area contributed by atoms with Crippen molar-refractivity contribution in [2.24, 2.45) is 0 Å². The van der Waals surface area contributed by atoms with Gasteiger partial charge in [-0.05, 0) is 30.3 Å². The lowest BCUT2D eigenvalue weighted by atomic mass is 10.1. The van der Waals surface area contributed by atoms with E-state index < -0.39 is 11.7 Å². The molecule has 0 atom stereocenters. The third-order valence-corrected chi connectivity index (χ3v) is 6.77. The molecule has 1 aliphatic heterocycles. The highest BCUT2D eigenvalue weighted by Crippen LogP contribution is 2.32. The van der Waals surface area contributed by atoms with Gasteiger partial charge in [0, 0.05) is 58.7 Å². The van der Waals surface area contributed by atoms with Gasteiger partial charge in [-0.3, -0.25) is 4.90 Å². The van der Waals surface area contributed by atoms with Gasteiger partial charge in [-0.2, -0.15) is 13.2 Å². The predicted molar refractivity (Wildman–Crippen MR) is 120 cm³/mol. The van der Waals surface area contributed by atoms with Crippen LogP contribution in [0.3, 0.4) is 0 Å². The molecular formula is C25H19F4N3S. The van der Waals surface area contributed by atoms with E-state index in [9.17, 15) is 17.6 Å². The zero-order valence-electron chi connectivity index (χ0n) is 17.4. The van der Waals surface area contributed by atoms with Crippen molar-refractivity contribution < 1.29 is 17.6 Å². The molecule has 4 aromatic rings. The summed E-state index contributed by atoms with van der Waals surface area (Å²) in [6.45, 7) is 2.25. The minimum atomic E-state index is -4.36. The molecule has 8 heteroatoms. The summed E-state index contributed by atoms with van der Waals surface area (Å²) in [5, 5.41) is 0. The summed E-state index contributed by atoms with van der Waals surface area (Å²) in [6, 6.07) is 15.7. The van der Waals surface area contributed by atoms with Crippen molar-refractivity contribution in [2.45, 2.75) is 25.7 Å². The van der Waals surface area contributed by atoms with Crippen LogP contribution in [0.1, 0.15) is 21.7 Å². The van der Waals surface area contributed by atoms with E-state index in [4.69, 9.17) is 0 Å². The van der Waals surface area contributed by atoms with Crippen LogP contribution in [0, 0.1) is 5.82 Å². The first-order chi connectivity index (χ1) is 15.9. The first-order valence-corrected chi connectivity index (χ1v) is 11.3. The fourth-order valence-electron chi connectivity index (χ4n) is 3.95. The van der Waals surface area contributed by atoms with Crippen molar-refractivity contribution >= 4 is 11.3 Å². The minimum Gasteiger partial charge on any atom is -0.293 e. The van der Waals surface area contributed by atoms with Crippen molar-refractivity contribution in [1.29, 1.82) is 0 Å². The summed E-state index contributed by atoms with van der Waals surface area (Å²) in [7, 11) is 0. The first kappa shape index (κ1) is 21.7. The van der Waals surface area contributed by atoms with E-state index in [0.29, 0.717) is 23.5 Å². The van der Waals surface area contributed by atoms with Crippen LogP contribution in [-0.2, 0) is 25.7 Å². The number of hydrogen-bond donors (Lipinski definition) is 0. The van der Waals surface area contributed by atoms with Gasteiger partial charge < -0.3 is 0 Å². The molecule has 168 valence electrons. The van der Waals surface area contributed by atoms with Crippen LogP contribution in [0.15, 0.2) is 66.9 Å².